The molecule has 0 fully saturated rings. The number of hydrogen-bond donors (Lipinski definition) is 2. The molecular weight excluding hydrogens is 453 g/mol. The van der Waals surface area contributed by atoms with Gasteiger partial charge in [0.25, 0.3) is 11.5 Å². The van der Waals surface area contributed by atoms with Crippen LogP contribution >= 0.6 is 0 Å². The monoisotopic (exact) mass is 475 g/mol. The fourth-order valence-electron chi connectivity index (χ4n) is 3.28. The van der Waals surface area contributed by atoms with E-state index in [4.69, 9.17) is 4.74 Å². The van der Waals surface area contributed by atoms with Gasteiger partial charge in [-0.15, -0.1) is 4.68 Å². The topological polar surface area (TPSA) is 109 Å². The molecule has 0 radical (unpaired) electrons. The van der Waals surface area contributed by atoms with Crippen LogP contribution in [0.5, 0.6) is 5.75 Å². The third kappa shape index (κ3) is 5.44. The van der Waals surface area contributed by atoms with Crippen LogP contribution < -0.4 is 26.2 Å². The van der Waals surface area contributed by atoms with E-state index in [0.717, 1.165) is 10.4 Å². The van der Waals surface area contributed by atoms with Crippen molar-refractivity contribution < 1.29 is 13.9 Å². The predicted molar refractivity (Wildman–Crippen MR) is 133 cm³/mol. The lowest BCUT2D eigenvalue weighted by atomic mass is 10.2. The highest BCUT2D eigenvalue weighted by Crippen LogP contribution is 2.24. The molecule has 0 atom stereocenters. The van der Waals surface area contributed by atoms with Gasteiger partial charge in [-0.05, 0) is 48.5 Å². The number of nitrogens with zero attached hydrogens (tertiary/aromatic N) is 3. The van der Waals surface area contributed by atoms with E-state index < -0.39 is 23.0 Å². The molecule has 10 heteroatoms. The SMILES string of the molecule is CN(C)c1ccc(C=Nn2c(=O)[nH]c3ccccc3c2=O)c(OCC(=O)Nc2ccc(F)cc2)c1. The summed E-state index contributed by atoms with van der Waals surface area (Å²) in [7, 11) is 3.70. The highest BCUT2D eigenvalue weighted by Gasteiger charge is 2.11. The molecule has 0 unspecified atom stereocenters. The summed E-state index contributed by atoms with van der Waals surface area (Å²) in [6.07, 6.45) is 1.32. The number of halogens is 1. The molecule has 1 aromatic heterocycles. The molecule has 35 heavy (non-hydrogen) atoms. The Kier molecular flexibility index (Phi) is 6.72. The highest BCUT2D eigenvalue weighted by molar-refractivity contribution is 5.92. The number of carbonyl (C=O) groups excluding carboxylic acids is 1. The molecule has 9 nitrogen and oxygen atoms in total. The van der Waals surface area contributed by atoms with Gasteiger partial charge in [-0.3, -0.25) is 9.59 Å². The first-order chi connectivity index (χ1) is 16.8. The summed E-state index contributed by atoms with van der Waals surface area (Å²) in [5, 5.41) is 7.01. The second-order valence-electron chi connectivity index (χ2n) is 7.80. The fraction of sp³-hybridized carbons (Fsp3) is 0.120. The molecule has 4 rings (SSSR count). The number of aromatic nitrogens is 2. The minimum atomic E-state index is -0.684. The van der Waals surface area contributed by atoms with Gasteiger partial charge in [0.1, 0.15) is 11.6 Å². The molecule has 0 spiro atoms. The molecule has 0 aliphatic rings. The van der Waals surface area contributed by atoms with E-state index in [1.807, 2.05) is 19.0 Å². The van der Waals surface area contributed by atoms with E-state index in [-0.39, 0.29) is 6.61 Å². The number of hydrogen-bond acceptors (Lipinski definition) is 6. The Bertz CT molecular complexity index is 1520. The van der Waals surface area contributed by atoms with Crippen LogP contribution in [0, 0.1) is 5.82 Å². The van der Waals surface area contributed by atoms with Gasteiger partial charge in [-0.1, -0.05) is 12.1 Å². The van der Waals surface area contributed by atoms with Crippen LogP contribution in [0.4, 0.5) is 15.8 Å². The minimum absolute atomic E-state index is 0.319. The molecule has 1 heterocycles. The van der Waals surface area contributed by atoms with Crippen LogP contribution in [0.1, 0.15) is 5.56 Å². The van der Waals surface area contributed by atoms with E-state index in [0.29, 0.717) is 27.9 Å². The van der Waals surface area contributed by atoms with Gasteiger partial charge in [0.2, 0.25) is 0 Å². The van der Waals surface area contributed by atoms with Gasteiger partial charge in [0.15, 0.2) is 6.61 Å². The average molecular weight is 475 g/mol. The van der Waals surface area contributed by atoms with Crippen LogP contribution in [0.15, 0.2) is 81.4 Å². The van der Waals surface area contributed by atoms with Crippen molar-refractivity contribution in [1.29, 1.82) is 0 Å². The Hall–Kier alpha value is -4.73. The van der Waals surface area contributed by atoms with E-state index >= 15 is 0 Å². The summed E-state index contributed by atoms with van der Waals surface area (Å²) >= 11 is 0. The first-order valence-corrected chi connectivity index (χ1v) is 10.6. The highest BCUT2D eigenvalue weighted by atomic mass is 19.1. The zero-order valence-corrected chi connectivity index (χ0v) is 19.0. The van der Waals surface area contributed by atoms with Crippen molar-refractivity contribution in [3.63, 3.8) is 0 Å². The van der Waals surface area contributed by atoms with E-state index in [1.165, 1.54) is 30.5 Å². The number of anilines is 2. The number of benzene rings is 3. The zero-order chi connectivity index (χ0) is 24.9. The molecule has 178 valence electrons. The normalized spacial score (nSPS) is 11.1. The van der Waals surface area contributed by atoms with Crippen molar-refractivity contribution >= 4 is 34.4 Å². The number of amides is 1. The second-order valence-corrected chi connectivity index (χ2v) is 7.80. The van der Waals surface area contributed by atoms with Crippen LogP contribution in [0.2, 0.25) is 0 Å². The zero-order valence-electron chi connectivity index (χ0n) is 19.0. The number of nitrogens with one attached hydrogen (secondary N) is 2. The van der Waals surface area contributed by atoms with Gasteiger partial charge in [-0.25, -0.2) is 9.18 Å². The summed E-state index contributed by atoms with van der Waals surface area (Å²) in [6, 6.07) is 17.2. The Morgan fingerprint density at radius 1 is 1.11 bits per heavy atom. The smallest absolute Gasteiger partial charge is 0.349 e. The lowest BCUT2D eigenvalue weighted by Gasteiger charge is -2.16. The fourth-order valence-corrected chi connectivity index (χ4v) is 3.28. The summed E-state index contributed by atoms with van der Waals surface area (Å²) in [4.78, 5) is 41.9. The second kappa shape index (κ2) is 10.0. The van der Waals surface area contributed by atoms with Gasteiger partial charge >= 0.3 is 5.69 Å². The van der Waals surface area contributed by atoms with Crippen molar-refractivity contribution in [3.05, 3.63) is 98.9 Å². The van der Waals surface area contributed by atoms with Crippen LogP contribution in [0.3, 0.4) is 0 Å². The molecule has 4 aromatic rings. The number of aromatic amines is 1. The van der Waals surface area contributed by atoms with Crippen molar-refractivity contribution in [2.75, 3.05) is 30.9 Å². The van der Waals surface area contributed by atoms with Crippen LogP contribution in [-0.2, 0) is 4.79 Å². The van der Waals surface area contributed by atoms with Crippen molar-refractivity contribution in [1.82, 2.24) is 9.66 Å². The van der Waals surface area contributed by atoms with Gasteiger partial charge in [0.05, 0.1) is 17.1 Å². The average Bonchev–Trinajstić information content (AvgIpc) is 2.84. The number of fused-ring (bicyclic) bond motifs is 1. The lowest BCUT2D eigenvalue weighted by Crippen LogP contribution is -2.32. The molecule has 0 aliphatic carbocycles. The Labute approximate surface area is 199 Å². The number of para-hydroxylation sites is 1. The maximum atomic E-state index is 13.1. The summed E-state index contributed by atoms with van der Waals surface area (Å²) in [6.45, 7) is -0.328. The Morgan fingerprint density at radius 3 is 2.60 bits per heavy atom. The molecule has 0 bridgehead atoms. The standard InChI is InChI=1S/C25H22FN5O4/c1-30(2)19-12-7-16(14-27-31-24(33)20-5-3-4-6-21(20)29-25(31)34)22(13-19)35-15-23(32)28-18-10-8-17(26)9-11-18/h3-14H,15H2,1-2H3,(H,28,32)(H,29,34). The molecule has 2 N–H and O–H groups in total. The summed E-state index contributed by atoms with van der Waals surface area (Å²) < 4.78 is 19.5. The van der Waals surface area contributed by atoms with Crippen molar-refractivity contribution in [3.8, 4) is 5.75 Å². The molecule has 1 amide bonds. The van der Waals surface area contributed by atoms with E-state index in [2.05, 4.69) is 15.4 Å². The quantitative estimate of drug-likeness (QED) is 0.400. The molecular formula is C25H22FN5O4. The summed E-state index contributed by atoms with van der Waals surface area (Å²) in [5.74, 6) is -0.538. The van der Waals surface area contributed by atoms with E-state index in [9.17, 15) is 18.8 Å². The number of rotatable bonds is 7. The first kappa shape index (κ1) is 23.4. The van der Waals surface area contributed by atoms with Gasteiger partial charge in [-0.2, -0.15) is 5.10 Å². The van der Waals surface area contributed by atoms with Crippen molar-refractivity contribution in [2.45, 2.75) is 0 Å². The van der Waals surface area contributed by atoms with Crippen LogP contribution in [0.25, 0.3) is 10.9 Å². The van der Waals surface area contributed by atoms with E-state index in [1.54, 1.807) is 42.5 Å². The maximum absolute atomic E-state index is 13.1. The Balaban J connectivity index is 1.60. The van der Waals surface area contributed by atoms with Crippen molar-refractivity contribution in [2.24, 2.45) is 5.10 Å². The number of H-pyrrole nitrogens is 1. The number of ether oxygens (including phenoxy) is 1. The first-order valence-electron chi connectivity index (χ1n) is 10.6. The minimum Gasteiger partial charge on any atom is -0.483 e. The molecule has 0 saturated carbocycles. The Morgan fingerprint density at radius 2 is 1.86 bits per heavy atom. The number of carbonyl (C=O) groups is 1. The third-order valence-corrected chi connectivity index (χ3v) is 5.10. The molecule has 0 saturated heterocycles. The van der Waals surface area contributed by atoms with Gasteiger partial charge in [0, 0.05) is 37.1 Å². The van der Waals surface area contributed by atoms with Crippen LogP contribution in [-0.4, -0.2) is 42.5 Å². The lowest BCUT2D eigenvalue weighted by molar-refractivity contribution is -0.118. The third-order valence-electron chi connectivity index (χ3n) is 5.10. The molecule has 3 aromatic carbocycles. The molecule has 0 aliphatic heterocycles. The maximum Gasteiger partial charge on any atom is 0.349 e. The predicted octanol–water partition coefficient (Wildman–Crippen LogP) is 2.79. The summed E-state index contributed by atoms with van der Waals surface area (Å²) in [5.41, 5.74) is 0.850. The van der Waals surface area contributed by atoms with Gasteiger partial charge < -0.3 is 19.9 Å². The largest absolute Gasteiger partial charge is 0.483 e.